The Labute approximate surface area is 309 Å². The molecule has 3 aromatic carbocycles. The number of anilines is 1. The van der Waals surface area contributed by atoms with E-state index in [1.54, 1.807) is 52.9 Å². The van der Waals surface area contributed by atoms with Crippen LogP contribution in [-0.2, 0) is 47.6 Å². The van der Waals surface area contributed by atoms with Crippen LogP contribution in [0.5, 0.6) is 0 Å². The van der Waals surface area contributed by atoms with E-state index in [1.165, 1.54) is 11.3 Å². The number of carbonyl (C=O) groups excluding carboxylic acids is 3. The van der Waals surface area contributed by atoms with Crippen molar-refractivity contribution in [2.75, 3.05) is 25.7 Å². The second-order valence-electron chi connectivity index (χ2n) is 12.7. The van der Waals surface area contributed by atoms with Crippen molar-refractivity contribution in [1.29, 1.82) is 0 Å². The largest absolute Gasteiger partial charge is 0.462 e. The fourth-order valence-electron chi connectivity index (χ4n) is 5.38. The predicted molar refractivity (Wildman–Crippen MR) is 204 cm³/mol. The van der Waals surface area contributed by atoms with Crippen LogP contribution in [0, 0.1) is 0 Å². The van der Waals surface area contributed by atoms with E-state index >= 15 is 0 Å². The van der Waals surface area contributed by atoms with Crippen molar-refractivity contribution >= 4 is 41.8 Å². The summed E-state index contributed by atoms with van der Waals surface area (Å²) >= 11 is 1.29. The third-order valence-corrected chi connectivity index (χ3v) is 10.6. The zero-order valence-corrected chi connectivity index (χ0v) is 31.9. The van der Waals surface area contributed by atoms with Crippen molar-refractivity contribution < 1.29 is 33.2 Å². The van der Waals surface area contributed by atoms with Gasteiger partial charge in [-0.25, -0.2) is 15.2 Å². The average Bonchev–Trinajstić information content (AvgIpc) is 3.49. The molecule has 5 N–H and O–H groups in total. The van der Waals surface area contributed by atoms with E-state index in [1.807, 2.05) is 66.7 Å². The molecule has 2 atom stereocenters. The van der Waals surface area contributed by atoms with E-state index in [-0.39, 0.29) is 31.7 Å². The number of rotatable bonds is 19. The van der Waals surface area contributed by atoms with Crippen LogP contribution in [0.4, 0.5) is 5.13 Å². The van der Waals surface area contributed by atoms with E-state index in [4.69, 9.17) is 19.9 Å². The Morgan fingerprint density at radius 3 is 1.85 bits per heavy atom. The van der Waals surface area contributed by atoms with Crippen LogP contribution in [0.25, 0.3) is 10.4 Å². The normalized spacial score (nSPS) is 12.8. The molecule has 0 saturated heterocycles. The zero-order valence-electron chi connectivity index (χ0n) is 30.2. The quantitative estimate of drug-likeness (QED) is 0.0522. The summed E-state index contributed by atoms with van der Waals surface area (Å²) in [4.78, 5) is 44.5. The number of hydrogen-bond donors (Lipinski definition) is 4. The minimum atomic E-state index is -3.92. The molecule has 4 aromatic rings. The standard InChI is InChI=1S/C38H48N5O7PS/c1-25(2)49-36(45)32(21-27-13-8-6-9-14-27)42-51(47,43-33(37(46)50-26(3)4)22-28-15-10-7-11-16-28)24-48-20-19-31-34(52-38(39)41-31)29-17-12-18-30(23-29)35(44)40-5/h6-18,23,25-26,32-33H,19-22,24H2,1-5H3,(H2,39,41)(H,40,44)(H2,42,43,47)/t32-,33-/m0/s1. The molecule has 1 aromatic heterocycles. The molecule has 0 unspecified atom stereocenters. The van der Waals surface area contributed by atoms with Gasteiger partial charge >= 0.3 is 11.9 Å². The van der Waals surface area contributed by atoms with Crippen molar-refractivity contribution in [2.45, 2.75) is 71.2 Å². The maximum atomic E-state index is 15.0. The highest BCUT2D eigenvalue weighted by atomic mass is 32.1. The highest BCUT2D eigenvalue weighted by molar-refractivity contribution is 7.59. The maximum Gasteiger partial charge on any atom is 0.324 e. The average molecular weight is 750 g/mol. The molecule has 12 nitrogen and oxygen atoms in total. The number of benzene rings is 3. The van der Waals surface area contributed by atoms with Crippen molar-refractivity contribution in [1.82, 2.24) is 20.5 Å². The molecule has 0 spiro atoms. The fraction of sp³-hybridized carbons (Fsp3) is 0.368. The van der Waals surface area contributed by atoms with Gasteiger partial charge in [0.05, 0.1) is 29.4 Å². The number of aromatic nitrogens is 1. The van der Waals surface area contributed by atoms with Gasteiger partial charge < -0.3 is 25.3 Å². The van der Waals surface area contributed by atoms with Gasteiger partial charge in [-0.2, -0.15) is 0 Å². The summed E-state index contributed by atoms with van der Waals surface area (Å²) in [5.74, 6) is -1.40. The van der Waals surface area contributed by atoms with Gasteiger partial charge in [0.15, 0.2) is 5.13 Å². The first-order valence-electron chi connectivity index (χ1n) is 17.1. The van der Waals surface area contributed by atoms with Crippen LogP contribution in [0.1, 0.15) is 54.9 Å². The molecule has 14 heteroatoms. The molecule has 0 aliphatic carbocycles. The van der Waals surface area contributed by atoms with Crippen LogP contribution < -0.4 is 21.2 Å². The Morgan fingerprint density at radius 2 is 1.35 bits per heavy atom. The second-order valence-corrected chi connectivity index (χ2v) is 16.0. The summed E-state index contributed by atoms with van der Waals surface area (Å²) < 4.78 is 32.2. The number of ether oxygens (including phenoxy) is 3. The summed E-state index contributed by atoms with van der Waals surface area (Å²) in [6.45, 7) is 7.04. The van der Waals surface area contributed by atoms with Crippen molar-refractivity contribution in [3.63, 3.8) is 0 Å². The predicted octanol–water partition coefficient (Wildman–Crippen LogP) is 5.77. The first-order valence-corrected chi connectivity index (χ1v) is 19.9. The lowest BCUT2D eigenvalue weighted by molar-refractivity contribution is -0.150. The first-order chi connectivity index (χ1) is 24.9. The van der Waals surface area contributed by atoms with Crippen molar-refractivity contribution in [3.05, 3.63) is 107 Å². The van der Waals surface area contributed by atoms with Gasteiger partial charge in [0, 0.05) is 19.0 Å². The van der Waals surface area contributed by atoms with Gasteiger partial charge in [0.1, 0.15) is 18.4 Å². The molecule has 52 heavy (non-hydrogen) atoms. The van der Waals surface area contributed by atoms with Gasteiger partial charge in [0.2, 0.25) is 7.44 Å². The van der Waals surface area contributed by atoms with E-state index in [9.17, 15) is 18.9 Å². The third kappa shape index (κ3) is 12.4. The van der Waals surface area contributed by atoms with Crippen molar-refractivity contribution in [2.24, 2.45) is 0 Å². The molecule has 0 bridgehead atoms. The molecule has 278 valence electrons. The zero-order chi connectivity index (χ0) is 37.7. The molecule has 1 amide bonds. The summed E-state index contributed by atoms with van der Waals surface area (Å²) in [7, 11) is -2.35. The van der Waals surface area contributed by atoms with Gasteiger partial charge in [-0.3, -0.25) is 18.9 Å². The van der Waals surface area contributed by atoms with E-state index in [0.717, 1.165) is 21.6 Å². The van der Waals surface area contributed by atoms with Crippen LogP contribution in [-0.4, -0.2) is 67.1 Å². The van der Waals surface area contributed by atoms with E-state index in [2.05, 4.69) is 20.5 Å². The SMILES string of the molecule is CNC(=O)c1cccc(-c2sc(N)nc2CCOCP(=O)(N[C@@H](Cc2ccccc2)C(=O)OC(C)C)N[C@@H](Cc2ccccc2)C(=O)OC(C)C)c1. The number of thiazole rings is 1. The monoisotopic (exact) mass is 749 g/mol. The molecule has 0 radical (unpaired) electrons. The fourth-order valence-corrected chi connectivity index (χ4v) is 8.27. The maximum absolute atomic E-state index is 15.0. The molecule has 4 rings (SSSR count). The number of amides is 1. The lowest BCUT2D eigenvalue weighted by atomic mass is 10.1. The summed E-state index contributed by atoms with van der Waals surface area (Å²) in [6, 6.07) is 23.7. The number of nitrogen functional groups attached to an aromatic ring is 1. The summed E-state index contributed by atoms with van der Waals surface area (Å²) in [5, 5.41) is 9.05. The Bertz CT molecular complexity index is 1750. The Balaban J connectivity index is 1.61. The topological polar surface area (TPSA) is 171 Å². The minimum absolute atomic E-state index is 0.0816. The smallest absolute Gasteiger partial charge is 0.324 e. The van der Waals surface area contributed by atoms with Gasteiger partial charge in [-0.05, 0) is 69.4 Å². The lowest BCUT2D eigenvalue weighted by Crippen LogP contribution is -2.47. The number of esters is 2. The number of nitrogens with two attached hydrogens (primary N) is 1. The Morgan fingerprint density at radius 1 is 0.808 bits per heavy atom. The third-order valence-electron chi connectivity index (χ3n) is 7.65. The molecule has 0 saturated carbocycles. The van der Waals surface area contributed by atoms with Crippen molar-refractivity contribution in [3.8, 4) is 10.4 Å². The molecule has 0 aliphatic heterocycles. The number of hydrogen-bond acceptors (Lipinski definition) is 10. The second kappa shape index (κ2) is 19.4. The molecular weight excluding hydrogens is 701 g/mol. The van der Waals surface area contributed by atoms with Gasteiger partial charge in [-0.1, -0.05) is 84.1 Å². The van der Waals surface area contributed by atoms with Crippen LogP contribution >= 0.6 is 18.8 Å². The van der Waals surface area contributed by atoms with Crippen LogP contribution in [0.2, 0.25) is 0 Å². The summed E-state index contributed by atoms with van der Waals surface area (Å²) in [5.41, 5.74) is 9.68. The highest BCUT2D eigenvalue weighted by Gasteiger charge is 2.36. The van der Waals surface area contributed by atoms with Crippen LogP contribution in [0.3, 0.4) is 0 Å². The number of carbonyl (C=O) groups is 3. The van der Waals surface area contributed by atoms with E-state index in [0.29, 0.717) is 22.8 Å². The first kappa shape index (κ1) is 40.4. The molecule has 0 aliphatic rings. The van der Waals surface area contributed by atoms with Gasteiger partial charge in [-0.15, -0.1) is 0 Å². The van der Waals surface area contributed by atoms with Crippen LogP contribution in [0.15, 0.2) is 84.9 Å². The van der Waals surface area contributed by atoms with E-state index < -0.39 is 43.7 Å². The highest BCUT2D eigenvalue weighted by Crippen LogP contribution is 2.39. The van der Waals surface area contributed by atoms with Gasteiger partial charge in [0.25, 0.3) is 5.91 Å². The summed E-state index contributed by atoms with van der Waals surface area (Å²) in [6.07, 6.45) is -0.560. The number of nitrogens with zero attached hydrogens (tertiary/aromatic N) is 1. The Hall–Kier alpha value is -4.39. The molecule has 1 heterocycles. The molecular formula is C38H48N5O7PS. The Kier molecular flexibility index (Phi) is 15.1. The number of nitrogens with one attached hydrogen (secondary N) is 3. The minimum Gasteiger partial charge on any atom is -0.462 e. The lowest BCUT2D eigenvalue weighted by Gasteiger charge is -2.29. The molecule has 0 fully saturated rings.